The molecule has 0 saturated heterocycles. The molecule has 1 atom stereocenters. The van der Waals surface area contributed by atoms with Crippen molar-refractivity contribution in [2.24, 2.45) is 0 Å². The van der Waals surface area contributed by atoms with E-state index in [4.69, 9.17) is 0 Å². The molecule has 0 bridgehead atoms. The van der Waals surface area contributed by atoms with Crippen LogP contribution in [0.1, 0.15) is 31.0 Å². The zero-order chi connectivity index (χ0) is 17.4. The summed E-state index contributed by atoms with van der Waals surface area (Å²) in [6.45, 7) is 3.92. The van der Waals surface area contributed by atoms with Gasteiger partial charge in [0.2, 0.25) is 5.91 Å². The Kier molecular flexibility index (Phi) is 6.31. The highest BCUT2D eigenvalue weighted by atomic mass is 16.2. The fourth-order valence-electron chi connectivity index (χ4n) is 2.24. The van der Waals surface area contributed by atoms with Crippen LogP contribution in [0.3, 0.4) is 0 Å². The Labute approximate surface area is 141 Å². The van der Waals surface area contributed by atoms with Gasteiger partial charge in [0.25, 0.3) is 0 Å². The lowest BCUT2D eigenvalue weighted by Gasteiger charge is -2.14. The van der Waals surface area contributed by atoms with Gasteiger partial charge in [-0.1, -0.05) is 18.2 Å². The molecule has 1 heterocycles. The summed E-state index contributed by atoms with van der Waals surface area (Å²) in [4.78, 5) is 26.9. The Morgan fingerprint density at radius 2 is 1.92 bits per heavy atom. The van der Waals surface area contributed by atoms with Crippen LogP contribution in [0.25, 0.3) is 0 Å². The summed E-state index contributed by atoms with van der Waals surface area (Å²) in [6.07, 6.45) is 4.16. The molecule has 0 aliphatic rings. The van der Waals surface area contributed by atoms with E-state index in [2.05, 4.69) is 20.9 Å². The topological polar surface area (TPSA) is 83.1 Å². The largest absolute Gasteiger partial charge is 0.338 e. The van der Waals surface area contributed by atoms with E-state index in [1.165, 1.54) is 6.92 Å². The summed E-state index contributed by atoms with van der Waals surface area (Å²) in [7, 11) is 0. The summed E-state index contributed by atoms with van der Waals surface area (Å²) in [5.41, 5.74) is 2.81. The van der Waals surface area contributed by atoms with Crippen LogP contribution in [0.5, 0.6) is 0 Å². The lowest BCUT2D eigenvalue weighted by molar-refractivity contribution is -0.114. The second-order valence-electron chi connectivity index (χ2n) is 5.54. The molecular formula is C18H22N4O2. The van der Waals surface area contributed by atoms with Crippen molar-refractivity contribution in [3.8, 4) is 0 Å². The first-order chi connectivity index (χ1) is 11.5. The summed E-state index contributed by atoms with van der Waals surface area (Å²) in [6, 6.07) is 11.0. The first-order valence-corrected chi connectivity index (χ1v) is 7.85. The third-order valence-corrected chi connectivity index (χ3v) is 3.51. The lowest BCUT2D eigenvalue weighted by Crippen LogP contribution is -2.38. The standard InChI is InChI=1S/C18H22N4O2/c1-13(16-4-3-10-19-12-16)21-18(24)20-11-9-15-5-7-17(8-6-15)22-14(2)23/h3-8,10,12-13H,9,11H2,1-2H3,(H,22,23)(H2,20,21,24)/t13-/m1/s1. The number of aromatic nitrogens is 1. The number of urea groups is 1. The molecular weight excluding hydrogens is 304 g/mol. The van der Waals surface area contributed by atoms with Crippen molar-refractivity contribution in [2.45, 2.75) is 26.3 Å². The van der Waals surface area contributed by atoms with Gasteiger partial charge in [0.05, 0.1) is 6.04 Å². The van der Waals surface area contributed by atoms with Crippen molar-refractivity contribution in [1.29, 1.82) is 0 Å². The molecule has 0 aliphatic carbocycles. The number of pyridine rings is 1. The average Bonchev–Trinajstić information content (AvgIpc) is 2.57. The lowest BCUT2D eigenvalue weighted by atomic mass is 10.1. The van der Waals surface area contributed by atoms with Crippen LogP contribution in [0.2, 0.25) is 0 Å². The maximum absolute atomic E-state index is 11.9. The van der Waals surface area contributed by atoms with Crippen molar-refractivity contribution in [2.75, 3.05) is 11.9 Å². The Hall–Kier alpha value is -2.89. The molecule has 0 spiro atoms. The van der Waals surface area contributed by atoms with Gasteiger partial charge in [-0.25, -0.2) is 4.79 Å². The zero-order valence-corrected chi connectivity index (χ0v) is 13.9. The predicted octanol–water partition coefficient (Wildman–Crippen LogP) is 2.64. The predicted molar refractivity (Wildman–Crippen MR) is 93.6 cm³/mol. The van der Waals surface area contributed by atoms with Gasteiger partial charge in [0.15, 0.2) is 0 Å². The third kappa shape index (κ3) is 5.72. The molecule has 3 amide bonds. The number of amides is 3. The van der Waals surface area contributed by atoms with Gasteiger partial charge >= 0.3 is 6.03 Å². The molecule has 0 aliphatic heterocycles. The Balaban J connectivity index is 1.73. The zero-order valence-electron chi connectivity index (χ0n) is 13.9. The molecule has 24 heavy (non-hydrogen) atoms. The van der Waals surface area contributed by atoms with Crippen molar-refractivity contribution in [3.05, 3.63) is 59.9 Å². The van der Waals surface area contributed by atoms with Crippen LogP contribution in [-0.2, 0) is 11.2 Å². The van der Waals surface area contributed by atoms with Gasteiger partial charge in [-0.15, -0.1) is 0 Å². The number of hydrogen-bond donors (Lipinski definition) is 3. The highest BCUT2D eigenvalue weighted by molar-refractivity contribution is 5.88. The summed E-state index contributed by atoms with van der Waals surface area (Å²) in [5.74, 6) is -0.0937. The fourth-order valence-corrected chi connectivity index (χ4v) is 2.24. The van der Waals surface area contributed by atoms with Crippen LogP contribution < -0.4 is 16.0 Å². The molecule has 2 rings (SSSR count). The normalized spacial score (nSPS) is 11.4. The van der Waals surface area contributed by atoms with E-state index in [0.29, 0.717) is 6.54 Å². The first kappa shape index (κ1) is 17.5. The number of nitrogens with zero attached hydrogens (tertiary/aromatic N) is 1. The first-order valence-electron chi connectivity index (χ1n) is 7.85. The molecule has 0 fully saturated rings. The summed E-state index contributed by atoms with van der Waals surface area (Å²) < 4.78 is 0. The highest BCUT2D eigenvalue weighted by Gasteiger charge is 2.08. The van der Waals surface area contributed by atoms with E-state index in [1.807, 2.05) is 43.3 Å². The van der Waals surface area contributed by atoms with Gasteiger partial charge in [0, 0.05) is 31.5 Å². The number of rotatable bonds is 6. The number of carbonyl (C=O) groups excluding carboxylic acids is 2. The maximum atomic E-state index is 11.9. The molecule has 0 unspecified atom stereocenters. The van der Waals surface area contributed by atoms with Gasteiger partial charge in [-0.05, 0) is 42.7 Å². The van der Waals surface area contributed by atoms with Gasteiger partial charge in [0.1, 0.15) is 0 Å². The molecule has 126 valence electrons. The van der Waals surface area contributed by atoms with Gasteiger partial charge < -0.3 is 16.0 Å². The minimum atomic E-state index is -0.207. The quantitative estimate of drug-likeness (QED) is 0.763. The average molecular weight is 326 g/mol. The van der Waals surface area contributed by atoms with Crippen LogP contribution in [0, 0.1) is 0 Å². The van der Waals surface area contributed by atoms with Crippen molar-refractivity contribution < 1.29 is 9.59 Å². The van der Waals surface area contributed by atoms with E-state index in [-0.39, 0.29) is 18.0 Å². The molecule has 2 aromatic rings. The molecule has 6 heteroatoms. The molecule has 0 radical (unpaired) electrons. The third-order valence-electron chi connectivity index (χ3n) is 3.51. The van der Waals surface area contributed by atoms with Gasteiger partial charge in [-0.3, -0.25) is 9.78 Å². The van der Waals surface area contributed by atoms with Crippen LogP contribution in [0.15, 0.2) is 48.8 Å². The number of anilines is 1. The van der Waals surface area contributed by atoms with Crippen molar-refractivity contribution in [1.82, 2.24) is 15.6 Å². The summed E-state index contributed by atoms with van der Waals surface area (Å²) in [5, 5.41) is 8.43. The molecule has 6 nitrogen and oxygen atoms in total. The molecule has 1 aromatic carbocycles. The van der Waals surface area contributed by atoms with Crippen LogP contribution in [-0.4, -0.2) is 23.5 Å². The van der Waals surface area contributed by atoms with Crippen molar-refractivity contribution in [3.63, 3.8) is 0 Å². The van der Waals surface area contributed by atoms with E-state index < -0.39 is 0 Å². The van der Waals surface area contributed by atoms with E-state index in [9.17, 15) is 9.59 Å². The van der Waals surface area contributed by atoms with Crippen molar-refractivity contribution >= 4 is 17.6 Å². The minimum Gasteiger partial charge on any atom is -0.338 e. The monoisotopic (exact) mass is 326 g/mol. The molecule has 3 N–H and O–H groups in total. The number of benzene rings is 1. The minimum absolute atomic E-state index is 0.0937. The Morgan fingerprint density at radius 1 is 1.17 bits per heavy atom. The van der Waals surface area contributed by atoms with Crippen LogP contribution in [0.4, 0.5) is 10.5 Å². The molecule has 1 aromatic heterocycles. The van der Waals surface area contributed by atoms with Gasteiger partial charge in [-0.2, -0.15) is 0 Å². The molecule has 0 saturated carbocycles. The summed E-state index contributed by atoms with van der Waals surface area (Å²) >= 11 is 0. The fraction of sp³-hybridized carbons (Fsp3) is 0.278. The number of carbonyl (C=O) groups is 2. The second kappa shape index (κ2) is 8.67. The van der Waals surface area contributed by atoms with Crippen LogP contribution >= 0.6 is 0 Å². The maximum Gasteiger partial charge on any atom is 0.315 e. The highest BCUT2D eigenvalue weighted by Crippen LogP contribution is 2.10. The van der Waals surface area contributed by atoms with E-state index in [1.54, 1.807) is 12.4 Å². The smallest absolute Gasteiger partial charge is 0.315 e. The Morgan fingerprint density at radius 3 is 2.54 bits per heavy atom. The van der Waals surface area contributed by atoms with E-state index in [0.717, 1.165) is 23.2 Å². The number of nitrogens with one attached hydrogen (secondary N) is 3. The second-order valence-corrected chi connectivity index (χ2v) is 5.54. The Bertz CT molecular complexity index is 671. The number of hydrogen-bond acceptors (Lipinski definition) is 3. The van der Waals surface area contributed by atoms with E-state index >= 15 is 0 Å². The SMILES string of the molecule is CC(=O)Nc1ccc(CCNC(=O)N[C@H](C)c2cccnc2)cc1.